The summed E-state index contributed by atoms with van der Waals surface area (Å²) in [4.78, 5) is 16.5. The Bertz CT molecular complexity index is 1030. The SMILES string of the molecule is O=C(Cc1ccc(Cl)cc1)N1CCN(Cc2nnnn2-c2ccc(F)c(F)c2)CC1. The molecular formula is C20H19ClF2N6O. The lowest BCUT2D eigenvalue weighted by atomic mass is 10.1. The van der Waals surface area contributed by atoms with Crippen molar-refractivity contribution in [2.45, 2.75) is 13.0 Å². The number of rotatable bonds is 5. The van der Waals surface area contributed by atoms with Gasteiger partial charge in [-0.1, -0.05) is 23.7 Å². The number of hydrogen-bond donors (Lipinski definition) is 0. The van der Waals surface area contributed by atoms with Crippen molar-refractivity contribution in [1.29, 1.82) is 0 Å². The third-order valence-electron chi connectivity index (χ3n) is 5.04. The minimum atomic E-state index is -0.957. The first-order valence-electron chi connectivity index (χ1n) is 9.47. The number of carbonyl (C=O) groups is 1. The Balaban J connectivity index is 1.34. The Labute approximate surface area is 176 Å². The van der Waals surface area contributed by atoms with Gasteiger partial charge in [-0.3, -0.25) is 9.69 Å². The predicted octanol–water partition coefficient (Wildman–Crippen LogP) is 2.48. The van der Waals surface area contributed by atoms with Crippen LogP contribution >= 0.6 is 11.6 Å². The molecular weight excluding hydrogens is 414 g/mol. The predicted molar refractivity (Wildman–Crippen MR) is 106 cm³/mol. The maximum Gasteiger partial charge on any atom is 0.227 e. The van der Waals surface area contributed by atoms with Crippen LogP contribution in [0, 0.1) is 11.6 Å². The van der Waals surface area contributed by atoms with E-state index in [4.69, 9.17) is 11.6 Å². The Morgan fingerprint density at radius 3 is 2.43 bits per heavy atom. The van der Waals surface area contributed by atoms with E-state index < -0.39 is 11.6 Å². The van der Waals surface area contributed by atoms with Crippen molar-refractivity contribution in [3.8, 4) is 5.69 Å². The summed E-state index contributed by atoms with van der Waals surface area (Å²) < 4.78 is 28.1. The summed E-state index contributed by atoms with van der Waals surface area (Å²) in [5.74, 6) is -1.29. The molecule has 156 valence electrons. The molecule has 7 nitrogen and oxygen atoms in total. The maximum absolute atomic E-state index is 13.5. The van der Waals surface area contributed by atoms with Gasteiger partial charge in [-0.05, 0) is 40.3 Å². The number of amides is 1. The largest absolute Gasteiger partial charge is 0.340 e. The van der Waals surface area contributed by atoms with Gasteiger partial charge in [0.05, 0.1) is 18.7 Å². The van der Waals surface area contributed by atoms with Gasteiger partial charge in [-0.25, -0.2) is 8.78 Å². The highest BCUT2D eigenvalue weighted by molar-refractivity contribution is 6.30. The third kappa shape index (κ3) is 4.63. The summed E-state index contributed by atoms with van der Waals surface area (Å²) in [5.41, 5.74) is 1.28. The monoisotopic (exact) mass is 432 g/mol. The van der Waals surface area contributed by atoms with Gasteiger partial charge in [-0.15, -0.1) is 5.10 Å². The summed E-state index contributed by atoms with van der Waals surface area (Å²) in [6.45, 7) is 2.96. The fraction of sp³-hybridized carbons (Fsp3) is 0.300. The minimum absolute atomic E-state index is 0.0728. The van der Waals surface area contributed by atoms with Crippen LogP contribution < -0.4 is 0 Å². The summed E-state index contributed by atoms with van der Waals surface area (Å²) in [5, 5.41) is 12.2. The first-order valence-corrected chi connectivity index (χ1v) is 9.84. The molecule has 10 heteroatoms. The molecule has 0 spiro atoms. The number of piperazine rings is 1. The third-order valence-corrected chi connectivity index (χ3v) is 5.29. The van der Waals surface area contributed by atoms with Gasteiger partial charge in [0.25, 0.3) is 0 Å². The molecule has 1 aliphatic heterocycles. The Kier molecular flexibility index (Phi) is 6.01. The van der Waals surface area contributed by atoms with Crippen LogP contribution in [0.1, 0.15) is 11.4 Å². The van der Waals surface area contributed by atoms with Crippen LogP contribution in [0.5, 0.6) is 0 Å². The first-order chi connectivity index (χ1) is 14.5. The van der Waals surface area contributed by atoms with E-state index >= 15 is 0 Å². The fourth-order valence-corrected chi connectivity index (χ4v) is 3.49. The summed E-state index contributed by atoms with van der Waals surface area (Å²) in [6, 6.07) is 10.8. The summed E-state index contributed by atoms with van der Waals surface area (Å²) in [7, 11) is 0. The number of aromatic nitrogens is 4. The Morgan fingerprint density at radius 2 is 1.73 bits per heavy atom. The van der Waals surface area contributed by atoms with Crippen molar-refractivity contribution in [3.63, 3.8) is 0 Å². The molecule has 30 heavy (non-hydrogen) atoms. The fourth-order valence-electron chi connectivity index (χ4n) is 3.37. The smallest absolute Gasteiger partial charge is 0.227 e. The van der Waals surface area contributed by atoms with E-state index in [0.717, 1.165) is 17.7 Å². The first kappa shape index (κ1) is 20.4. The average Bonchev–Trinajstić information content (AvgIpc) is 3.20. The van der Waals surface area contributed by atoms with Crippen LogP contribution in [0.3, 0.4) is 0 Å². The number of nitrogens with zero attached hydrogens (tertiary/aromatic N) is 6. The zero-order chi connectivity index (χ0) is 21.1. The molecule has 1 fully saturated rings. The second-order valence-electron chi connectivity index (χ2n) is 7.07. The van der Waals surface area contributed by atoms with Crippen LogP contribution in [0.4, 0.5) is 8.78 Å². The molecule has 1 aliphatic rings. The van der Waals surface area contributed by atoms with Gasteiger partial charge < -0.3 is 4.90 Å². The topological polar surface area (TPSA) is 67.2 Å². The number of halogens is 3. The van der Waals surface area contributed by atoms with Crippen molar-refractivity contribution in [3.05, 3.63) is 70.5 Å². The summed E-state index contributed by atoms with van der Waals surface area (Å²) >= 11 is 5.88. The van der Waals surface area contributed by atoms with Crippen LogP contribution in [0.2, 0.25) is 5.02 Å². The molecule has 0 aliphatic carbocycles. The Morgan fingerprint density at radius 1 is 1.00 bits per heavy atom. The highest BCUT2D eigenvalue weighted by Crippen LogP contribution is 2.16. The molecule has 2 heterocycles. The van der Waals surface area contributed by atoms with E-state index in [0.29, 0.717) is 55.7 Å². The van der Waals surface area contributed by atoms with E-state index in [1.807, 2.05) is 17.0 Å². The lowest BCUT2D eigenvalue weighted by Gasteiger charge is -2.34. The molecule has 3 aromatic rings. The minimum Gasteiger partial charge on any atom is -0.340 e. The van der Waals surface area contributed by atoms with Gasteiger partial charge >= 0.3 is 0 Å². The molecule has 0 radical (unpaired) electrons. The second kappa shape index (κ2) is 8.85. The van der Waals surface area contributed by atoms with Crippen molar-refractivity contribution < 1.29 is 13.6 Å². The average molecular weight is 433 g/mol. The molecule has 0 saturated carbocycles. The van der Waals surface area contributed by atoms with Crippen LogP contribution in [-0.2, 0) is 17.8 Å². The standard InChI is InChI=1S/C20H19ClF2N6O/c21-15-3-1-14(2-4-15)11-20(30)28-9-7-27(8-10-28)13-19-24-25-26-29(19)16-5-6-17(22)18(23)12-16/h1-6,12H,7-11,13H2. The van der Waals surface area contributed by atoms with Crippen LogP contribution in [0.15, 0.2) is 42.5 Å². The van der Waals surface area contributed by atoms with Gasteiger partial charge in [0, 0.05) is 37.3 Å². The van der Waals surface area contributed by atoms with E-state index in [1.54, 1.807) is 12.1 Å². The van der Waals surface area contributed by atoms with Gasteiger partial charge in [-0.2, -0.15) is 4.68 Å². The highest BCUT2D eigenvalue weighted by Gasteiger charge is 2.23. The molecule has 0 unspecified atom stereocenters. The van der Waals surface area contributed by atoms with Crippen molar-refractivity contribution in [2.75, 3.05) is 26.2 Å². The van der Waals surface area contributed by atoms with E-state index in [-0.39, 0.29) is 5.91 Å². The number of hydrogen-bond acceptors (Lipinski definition) is 5. The zero-order valence-corrected chi connectivity index (χ0v) is 16.8. The van der Waals surface area contributed by atoms with Crippen molar-refractivity contribution in [2.24, 2.45) is 0 Å². The van der Waals surface area contributed by atoms with E-state index in [1.165, 1.54) is 10.7 Å². The van der Waals surface area contributed by atoms with Crippen LogP contribution in [0.25, 0.3) is 5.69 Å². The molecule has 2 aromatic carbocycles. The van der Waals surface area contributed by atoms with Gasteiger partial charge in [0.2, 0.25) is 5.91 Å². The molecule has 4 rings (SSSR count). The number of benzene rings is 2. The number of carbonyl (C=O) groups excluding carboxylic acids is 1. The molecule has 1 amide bonds. The lowest BCUT2D eigenvalue weighted by Crippen LogP contribution is -2.48. The lowest BCUT2D eigenvalue weighted by molar-refractivity contribution is -0.132. The zero-order valence-electron chi connectivity index (χ0n) is 16.0. The molecule has 0 bridgehead atoms. The second-order valence-corrected chi connectivity index (χ2v) is 7.50. The molecule has 1 saturated heterocycles. The molecule has 0 atom stereocenters. The van der Waals surface area contributed by atoms with E-state index in [9.17, 15) is 13.6 Å². The molecule has 0 N–H and O–H groups in total. The van der Waals surface area contributed by atoms with E-state index in [2.05, 4.69) is 20.4 Å². The van der Waals surface area contributed by atoms with Crippen molar-refractivity contribution >= 4 is 17.5 Å². The van der Waals surface area contributed by atoms with Crippen LogP contribution in [-0.4, -0.2) is 62.1 Å². The normalized spacial score (nSPS) is 14.8. The van der Waals surface area contributed by atoms with Crippen molar-refractivity contribution in [1.82, 2.24) is 30.0 Å². The molecule has 1 aromatic heterocycles. The number of tetrazole rings is 1. The summed E-state index contributed by atoms with van der Waals surface area (Å²) in [6.07, 6.45) is 0.339. The van der Waals surface area contributed by atoms with Gasteiger partial charge in [0.15, 0.2) is 17.5 Å². The highest BCUT2D eigenvalue weighted by atomic mass is 35.5. The maximum atomic E-state index is 13.5. The Hall–Kier alpha value is -2.91. The quantitative estimate of drug-likeness (QED) is 0.619. The van der Waals surface area contributed by atoms with Gasteiger partial charge in [0.1, 0.15) is 0 Å².